The van der Waals surface area contributed by atoms with Crippen LogP contribution in [-0.4, -0.2) is 28.9 Å². The summed E-state index contributed by atoms with van der Waals surface area (Å²) in [7, 11) is 0. The van der Waals surface area contributed by atoms with E-state index in [-0.39, 0.29) is 5.91 Å². The molecule has 0 saturated carbocycles. The summed E-state index contributed by atoms with van der Waals surface area (Å²) in [6.45, 7) is 3.87. The zero-order valence-corrected chi connectivity index (χ0v) is 11.7. The van der Waals surface area contributed by atoms with Crippen LogP contribution in [0.3, 0.4) is 0 Å². The van der Waals surface area contributed by atoms with Crippen molar-refractivity contribution in [3.63, 3.8) is 0 Å². The standard InChI is InChI=1S/C14H17N3OS/c1-9-3-2-6-17(8-9)14(18)13-12(15)10-4-5-16-7-11(10)19-13/h4-5,7,9H,2-3,6,8,15H2,1H3. The maximum atomic E-state index is 12.6. The molecule has 2 aromatic rings. The van der Waals surface area contributed by atoms with E-state index in [4.69, 9.17) is 5.73 Å². The molecule has 0 spiro atoms. The lowest BCUT2D eigenvalue weighted by Crippen LogP contribution is -2.38. The zero-order valence-electron chi connectivity index (χ0n) is 10.9. The van der Waals surface area contributed by atoms with Crippen LogP contribution < -0.4 is 5.73 Å². The molecule has 3 heterocycles. The average molecular weight is 275 g/mol. The number of nitrogen functional groups attached to an aromatic ring is 1. The molecule has 19 heavy (non-hydrogen) atoms. The summed E-state index contributed by atoms with van der Waals surface area (Å²) in [5.74, 6) is 0.653. The average Bonchev–Trinajstić information content (AvgIpc) is 2.76. The van der Waals surface area contributed by atoms with E-state index >= 15 is 0 Å². The van der Waals surface area contributed by atoms with Crippen molar-refractivity contribution < 1.29 is 4.79 Å². The summed E-state index contributed by atoms with van der Waals surface area (Å²) < 4.78 is 0.980. The second kappa shape index (κ2) is 4.81. The van der Waals surface area contributed by atoms with Gasteiger partial charge in [-0.05, 0) is 24.8 Å². The fraction of sp³-hybridized carbons (Fsp3) is 0.429. The number of amides is 1. The van der Waals surface area contributed by atoms with Crippen LogP contribution in [0.15, 0.2) is 18.5 Å². The second-order valence-electron chi connectivity index (χ2n) is 5.22. The Kier molecular flexibility index (Phi) is 3.14. The van der Waals surface area contributed by atoms with Crippen LogP contribution in [0.25, 0.3) is 10.1 Å². The highest BCUT2D eigenvalue weighted by molar-refractivity contribution is 7.21. The number of carbonyl (C=O) groups is 1. The molecule has 1 fully saturated rings. The monoisotopic (exact) mass is 275 g/mol. The number of piperidine rings is 1. The van der Waals surface area contributed by atoms with Gasteiger partial charge in [0.15, 0.2) is 0 Å². The zero-order chi connectivity index (χ0) is 13.4. The summed E-state index contributed by atoms with van der Waals surface area (Å²) in [6.07, 6.45) is 5.77. The smallest absolute Gasteiger partial charge is 0.266 e. The first-order chi connectivity index (χ1) is 9.16. The van der Waals surface area contributed by atoms with Crippen molar-refractivity contribution in [2.24, 2.45) is 5.92 Å². The van der Waals surface area contributed by atoms with Gasteiger partial charge in [0.25, 0.3) is 5.91 Å². The number of hydrogen-bond donors (Lipinski definition) is 1. The summed E-state index contributed by atoms with van der Waals surface area (Å²) in [6, 6.07) is 1.87. The number of nitrogens with zero attached hydrogens (tertiary/aromatic N) is 2. The van der Waals surface area contributed by atoms with Gasteiger partial charge < -0.3 is 10.6 Å². The van der Waals surface area contributed by atoms with Crippen molar-refractivity contribution in [1.82, 2.24) is 9.88 Å². The molecule has 0 bridgehead atoms. The molecule has 100 valence electrons. The largest absolute Gasteiger partial charge is 0.397 e. The molecular weight excluding hydrogens is 258 g/mol. The molecule has 0 aromatic carbocycles. The molecule has 0 radical (unpaired) electrons. The lowest BCUT2D eigenvalue weighted by Gasteiger charge is -2.30. The fourth-order valence-corrected chi connectivity index (χ4v) is 3.71. The molecule has 0 aliphatic carbocycles. The van der Waals surface area contributed by atoms with Gasteiger partial charge in [-0.1, -0.05) is 6.92 Å². The molecule has 1 amide bonds. The van der Waals surface area contributed by atoms with E-state index in [0.29, 0.717) is 16.5 Å². The number of carbonyl (C=O) groups excluding carboxylic acids is 1. The molecule has 1 unspecified atom stereocenters. The molecule has 2 aromatic heterocycles. The van der Waals surface area contributed by atoms with Crippen molar-refractivity contribution in [3.8, 4) is 0 Å². The van der Waals surface area contributed by atoms with Gasteiger partial charge in [-0.2, -0.15) is 0 Å². The van der Waals surface area contributed by atoms with E-state index < -0.39 is 0 Å². The minimum absolute atomic E-state index is 0.0743. The van der Waals surface area contributed by atoms with Gasteiger partial charge in [-0.15, -0.1) is 11.3 Å². The van der Waals surface area contributed by atoms with Gasteiger partial charge in [-0.25, -0.2) is 0 Å². The van der Waals surface area contributed by atoms with Crippen LogP contribution in [-0.2, 0) is 0 Å². The number of pyridine rings is 1. The second-order valence-corrected chi connectivity index (χ2v) is 6.27. The van der Waals surface area contributed by atoms with Gasteiger partial charge in [0.2, 0.25) is 0 Å². The number of hydrogen-bond acceptors (Lipinski definition) is 4. The molecule has 3 rings (SSSR count). The number of nitrogens with two attached hydrogens (primary N) is 1. The van der Waals surface area contributed by atoms with Crippen molar-refractivity contribution >= 4 is 33.0 Å². The lowest BCUT2D eigenvalue weighted by molar-refractivity contribution is 0.0689. The highest BCUT2D eigenvalue weighted by Crippen LogP contribution is 2.34. The number of aromatic nitrogens is 1. The highest BCUT2D eigenvalue weighted by atomic mass is 32.1. The number of rotatable bonds is 1. The van der Waals surface area contributed by atoms with Crippen molar-refractivity contribution in [2.45, 2.75) is 19.8 Å². The highest BCUT2D eigenvalue weighted by Gasteiger charge is 2.25. The van der Waals surface area contributed by atoms with Crippen LogP contribution in [0.4, 0.5) is 5.69 Å². The molecule has 1 aliphatic rings. The molecule has 4 nitrogen and oxygen atoms in total. The van der Waals surface area contributed by atoms with Gasteiger partial charge >= 0.3 is 0 Å². The van der Waals surface area contributed by atoms with Gasteiger partial charge in [0, 0.05) is 30.9 Å². The summed E-state index contributed by atoms with van der Waals surface area (Å²) >= 11 is 1.45. The number of likely N-dealkylation sites (tertiary alicyclic amines) is 1. The summed E-state index contributed by atoms with van der Waals surface area (Å²) in [5, 5.41) is 0.938. The Hall–Kier alpha value is -1.62. The minimum Gasteiger partial charge on any atom is -0.397 e. The number of fused-ring (bicyclic) bond motifs is 1. The fourth-order valence-electron chi connectivity index (χ4n) is 2.65. The molecule has 1 atom stereocenters. The predicted octanol–water partition coefficient (Wildman–Crippen LogP) is 2.75. The predicted molar refractivity (Wildman–Crippen MR) is 78.3 cm³/mol. The normalized spacial score (nSPS) is 19.8. The minimum atomic E-state index is 0.0743. The van der Waals surface area contributed by atoms with E-state index in [0.717, 1.165) is 29.6 Å². The molecular formula is C14H17N3OS. The number of anilines is 1. The van der Waals surface area contributed by atoms with Gasteiger partial charge in [0.1, 0.15) is 4.88 Å². The number of thiophene rings is 1. The first-order valence-electron chi connectivity index (χ1n) is 6.58. The Morgan fingerprint density at radius 3 is 3.16 bits per heavy atom. The van der Waals surface area contributed by atoms with E-state index in [2.05, 4.69) is 11.9 Å². The third kappa shape index (κ3) is 2.18. The van der Waals surface area contributed by atoms with E-state index in [1.54, 1.807) is 12.4 Å². The molecule has 1 saturated heterocycles. The van der Waals surface area contributed by atoms with Gasteiger partial charge in [-0.3, -0.25) is 9.78 Å². The SMILES string of the molecule is CC1CCCN(C(=O)c2sc3cnccc3c2N)C1. The molecule has 1 aliphatic heterocycles. The summed E-state index contributed by atoms with van der Waals surface area (Å²) in [5.41, 5.74) is 6.72. The lowest BCUT2D eigenvalue weighted by atomic mass is 10.00. The Balaban J connectivity index is 1.95. The third-order valence-corrected chi connectivity index (χ3v) is 4.81. The Morgan fingerprint density at radius 2 is 2.42 bits per heavy atom. The first kappa shape index (κ1) is 12.4. The topological polar surface area (TPSA) is 59.2 Å². The van der Waals surface area contributed by atoms with E-state index in [9.17, 15) is 4.79 Å². The Morgan fingerprint density at radius 1 is 1.58 bits per heavy atom. The van der Waals surface area contributed by atoms with Crippen molar-refractivity contribution in [2.75, 3.05) is 18.8 Å². The Labute approximate surface area is 116 Å². The van der Waals surface area contributed by atoms with E-state index in [1.807, 2.05) is 11.0 Å². The van der Waals surface area contributed by atoms with E-state index in [1.165, 1.54) is 17.8 Å². The summed E-state index contributed by atoms with van der Waals surface area (Å²) in [4.78, 5) is 19.3. The maximum absolute atomic E-state index is 12.6. The van der Waals surface area contributed by atoms with Crippen molar-refractivity contribution in [1.29, 1.82) is 0 Å². The molecule has 2 N–H and O–H groups in total. The Bertz CT molecular complexity index is 622. The third-order valence-electron chi connectivity index (χ3n) is 3.67. The van der Waals surface area contributed by atoms with Crippen LogP contribution in [0.2, 0.25) is 0 Å². The van der Waals surface area contributed by atoms with Crippen LogP contribution in [0.1, 0.15) is 29.4 Å². The molecule has 5 heteroatoms. The van der Waals surface area contributed by atoms with Crippen molar-refractivity contribution in [3.05, 3.63) is 23.3 Å². The maximum Gasteiger partial charge on any atom is 0.266 e. The quantitative estimate of drug-likeness (QED) is 0.870. The van der Waals surface area contributed by atoms with Crippen LogP contribution in [0.5, 0.6) is 0 Å². The first-order valence-corrected chi connectivity index (χ1v) is 7.39. The van der Waals surface area contributed by atoms with Gasteiger partial charge in [0.05, 0.1) is 10.4 Å². The van der Waals surface area contributed by atoms with Crippen LogP contribution >= 0.6 is 11.3 Å². The van der Waals surface area contributed by atoms with Crippen LogP contribution in [0, 0.1) is 5.92 Å².